The summed E-state index contributed by atoms with van der Waals surface area (Å²) in [4.78, 5) is 21.2. The minimum atomic E-state index is -1.23. The van der Waals surface area contributed by atoms with Crippen molar-refractivity contribution in [1.82, 2.24) is 10.2 Å². The summed E-state index contributed by atoms with van der Waals surface area (Å²) >= 11 is 6.26. The fraction of sp³-hybridized carbons (Fsp3) is 0. The van der Waals surface area contributed by atoms with Crippen molar-refractivity contribution in [3.63, 3.8) is 0 Å². The van der Waals surface area contributed by atoms with Crippen LogP contribution in [-0.4, -0.2) is 26.2 Å². The first-order valence-electron chi connectivity index (χ1n) is 5.26. The summed E-state index contributed by atoms with van der Waals surface area (Å²) in [6, 6.07) is 3.70. The summed E-state index contributed by atoms with van der Waals surface area (Å²) in [5, 5.41) is 26.9. The summed E-state index contributed by atoms with van der Waals surface area (Å²) in [5.41, 5.74) is -0.333. The molecule has 0 saturated heterocycles. The van der Waals surface area contributed by atoms with Crippen LogP contribution in [0.15, 0.2) is 33.3 Å². The number of nitrogens with zero attached hydrogens (tertiary/aromatic N) is 3. The number of carboxylic acids is 1. The molecule has 2 aromatic rings. The highest BCUT2D eigenvalue weighted by atomic mass is 79.9. The zero-order chi connectivity index (χ0) is 15.6. The third-order valence-corrected chi connectivity index (χ3v) is 3.49. The molecule has 0 radical (unpaired) electrons. The molecule has 0 amide bonds. The van der Waals surface area contributed by atoms with Gasteiger partial charge in [-0.2, -0.15) is 5.10 Å². The van der Waals surface area contributed by atoms with Gasteiger partial charge < -0.3 is 9.84 Å². The van der Waals surface area contributed by atoms with Crippen molar-refractivity contribution < 1.29 is 19.6 Å². The lowest BCUT2D eigenvalue weighted by Crippen LogP contribution is -2.03. The van der Waals surface area contributed by atoms with Crippen LogP contribution in [0.4, 0.5) is 5.69 Å². The fourth-order valence-corrected chi connectivity index (χ4v) is 2.73. The van der Waals surface area contributed by atoms with E-state index in [1.54, 1.807) is 0 Å². The lowest BCUT2D eigenvalue weighted by atomic mass is 10.3. The number of nitro groups is 1. The van der Waals surface area contributed by atoms with Crippen LogP contribution in [0.2, 0.25) is 0 Å². The molecule has 0 unspecified atom stereocenters. The molecule has 1 aromatic carbocycles. The van der Waals surface area contributed by atoms with Crippen LogP contribution in [0, 0.1) is 10.1 Å². The molecule has 10 heteroatoms. The first-order chi connectivity index (χ1) is 9.90. The lowest BCUT2D eigenvalue weighted by molar-refractivity contribution is -0.385. The van der Waals surface area contributed by atoms with Crippen LogP contribution < -0.4 is 4.74 Å². The first kappa shape index (κ1) is 15.3. The topological polar surface area (TPSA) is 115 Å². The van der Waals surface area contributed by atoms with Crippen LogP contribution >= 0.6 is 31.9 Å². The van der Waals surface area contributed by atoms with E-state index >= 15 is 0 Å². The average Bonchev–Trinajstić information content (AvgIpc) is 2.42. The molecule has 0 fully saturated rings. The minimum absolute atomic E-state index is 0.154. The SMILES string of the molecule is O=C(O)c1ccnnc1Oc1c(Br)cc([N+](=O)[O-])cc1Br. The van der Waals surface area contributed by atoms with E-state index in [2.05, 4.69) is 42.1 Å². The second-order valence-electron chi connectivity index (χ2n) is 3.65. The number of halogens is 2. The molecular formula is C11H5Br2N3O5. The van der Waals surface area contributed by atoms with E-state index < -0.39 is 10.9 Å². The van der Waals surface area contributed by atoms with Gasteiger partial charge in [0.05, 0.1) is 20.1 Å². The summed E-state index contributed by atoms with van der Waals surface area (Å²) in [7, 11) is 0. The molecule has 0 aliphatic carbocycles. The Morgan fingerprint density at radius 3 is 2.48 bits per heavy atom. The van der Waals surface area contributed by atoms with Gasteiger partial charge in [0.15, 0.2) is 5.75 Å². The number of carbonyl (C=O) groups is 1. The molecule has 0 spiro atoms. The molecule has 21 heavy (non-hydrogen) atoms. The van der Waals surface area contributed by atoms with Crippen molar-refractivity contribution in [2.75, 3.05) is 0 Å². The van der Waals surface area contributed by atoms with Gasteiger partial charge in [-0.05, 0) is 37.9 Å². The highest BCUT2D eigenvalue weighted by Gasteiger charge is 2.19. The van der Waals surface area contributed by atoms with Gasteiger partial charge >= 0.3 is 5.97 Å². The van der Waals surface area contributed by atoms with Gasteiger partial charge in [-0.25, -0.2) is 4.79 Å². The third-order valence-electron chi connectivity index (χ3n) is 2.31. The van der Waals surface area contributed by atoms with Gasteiger partial charge in [-0.1, -0.05) is 0 Å². The van der Waals surface area contributed by atoms with Crippen molar-refractivity contribution in [2.24, 2.45) is 0 Å². The Labute approximate surface area is 134 Å². The predicted molar refractivity (Wildman–Crippen MR) is 77.6 cm³/mol. The van der Waals surface area contributed by atoms with Crippen molar-refractivity contribution >= 4 is 43.5 Å². The minimum Gasteiger partial charge on any atom is -0.477 e. The summed E-state index contributed by atoms with van der Waals surface area (Å²) < 4.78 is 5.93. The van der Waals surface area contributed by atoms with Crippen molar-refractivity contribution in [2.45, 2.75) is 0 Å². The van der Waals surface area contributed by atoms with E-state index in [0.29, 0.717) is 0 Å². The van der Waals surface area contributed by atoms with Gasteiger partial charge in [0.1, 0.15) is 5.56 Å². The van der Waals surface area contributed by atoms with E-state index in [-0.39, 0.29) is 31.8 Å². The first-order valence-corrected chi connectivity index (χ1v) is 6.85. The lowest BCUT2D eigenvalue weighted by Gasteiger charge is -2.10. The number of rotatable bonds is 4. The van der Waals surface area contributed by atoms with Crippen LogP contribution in [0.3, 0.4) is 0 Å². The third kappa shape index (κ3) is 3.34. The van der Waals surface area contributed by atoms with Crippen molar-refractivity contribution in [3.05, 3.63) is 49.0 Å². The normalized spacial score (nSPS) is 10.2. The van der Waals surface area contributed by atoms with Crippen LogP contribution in [-0.2, 0) is 0 Å². The Hall–Kier alpha value is -2.07. The predicted octanol–water partition coefficient (Wildman–Crippen LogP) is 3.40. The number of ether oxygens (including phenoxy) is 1. The maximum atomic E-state index is 11.1. The molecular weight excluding hydrogens is 414 g/mol. The Morgan fingerprint density at radius 1 is 1.33 bits per heavy atom. The second-order valence-corrected chi connectivity index (χ2v) is 5.36. The number of hydrogen-bond acceptors (Lipinski definition) is 6. The largest absolute Gasteiger partial charge is 0.477 e. The maximum absolute atomic E-state index is 11.1. The van der Waals surface area contributed by atoms with E-state index in [0.717, 1.165) is 0 Å². The van der Waals surface area contributed by atoms with E-state index in [4.69, 9.17) is 9.84 Å². The highest BCUT2D eigenvalue weighted by Crippen LogP contribution is 2.39. The molecule has 1 N–H and O–H groups in total. The van der Waals surface area contributed by atoms with E-state index in [9.17, 15) is 14.9 Å². The summed E-state index contributed by atoms with van der Waals surface area (Å²) in [6.45, 7) is 0. The van der Waals surface area contributed by atoms with Crippen molar-refractivity contribution in [1.29, 1.82) is 0 Å². The second kappa shape index (κ2) is 6.14. The molecule has 0 atom stereocenters. The van der Waals surface area contributed by atoms with Crippen molar-refractivity contribution in [3.8, 4) is 11.6 Å². The molecule has 0 saturated carbocycles. The number of aromatic carboxylic acids is 1. The van der Waals surface area contributed by atoms with Gasteiger partial charge in [0.25, 0.3) is 11.6 Å². The molecule has 0 aliphatic rings. The smallest absolute Gasteiger partial charge is 0.341 e. The summed E-state index contributed by atoms with van der Waals surface area (Å²) in [5.74, 6) is -1.29. The molecule has 1 heterocycles. The number of aromatic nitrogens is 2. The Balaban J connectivity index is 2.46. The Kier molecular flexibility index (Phi) is 4.48. The van der Waals surface area contributed by atoms with E-state index in [1.807, 2.05) is 0 Å². The monoisotopic (exact) mass is 417 g/mol. The molecule has 108 valence electrons. The van der Waals surface area contributed by atoms with E-state index in [1.165, 1.54) is 24.4 Å². The Morgan fingerprint density at radius 2 is 1.95 bits per heavy atom. The van der Waals surface area contributed by atoms with Crippen LogP contribution in [0.1, 0.15) is 10.4 Å². The maximum Gasteiger partial charge on any atom is 0.341 e. The molecule has 0 bridgehead atoms. The molecule has 8 nitrogen and oxygen atoms in total. The number of carboxylic acid groups (broad SMARTS) is 1. The highest BCUT2D eigenvalue weighted by molar-refractivity contribution is 9.11. The van der Waals surface area contributed by atoms with Crippen LogP contribution in [0.5, 0.6) is 11.6 Å². The average molecular weight is 419 g/mol. The van der Waals surface area contributed by atoms with Gasteiger partial charge in [-0.15, -0.1) is 5.10 Å². The molecule has 2 rings (SSSR count). The quantitative estimate of drug-likeness (QED) is 0.597. The summed E-state index contributed by atoms with van der Waals surface area (Å²) in [6.07, 6.45) is 1.22. The number of benzene rings is 1. The van der Waals surface area contributed by atoms with Gasteiger partial charge in [-0.3, -0.25) is 10.1 Å². The number of non-ortho nitro benzene ring substituents is 1. The number of hydrogen-bond donors (Lipinski definition) is 1. The number of nitro benzene ring substituents is 1. The molecule has 0 aliphatic heterocycles. The molecule has 1 aromatic heterocycles. The van der Waals surface area contributed by atoms with Gasteiger partial charge in [0.2, 0.25) is 0 Å². The standard InChI is InChI=1S/C11H5Br2N3O5/c12-7-3-5(16(19)20)4-8(13)9(7)21-10-6(11(17)18)1-2-14-15-10/h1-4H,(H,17,18). The zero-order valence-corrected chi connectivity index (χ0v) is 13.2. The van der Waals surface area contributed by atoms with Gasteiger partial charge in [0, 0.05) is 12.1 Å². The Bertz CT molecular complexity index is 715. The fourth-order valence-electron chi connectivity index (χ4n) is 1.40. The van der Waals surface area contributed by atoms with Crippen LogP contribution in [0.25, 0.3) is 0 Å². The zero-order valence-electron chi connectivity index (χ0n) is 9.99.